The lowest BCUT2D eigenvalue weighted by Gasteiger charge is -2.18. The molecule has 21 heavy (non-hydrogen) atoms. The lowest BCUT2D eigenvalue weighted by molar-refractivity contribution is -0.137. The predicted octanol–water partition coefficient (Wildman–Crippen LogP) is 2.82. The maximum atomic E-state index is 12.6. The van der Waals surface area contributed by atoms with E-state index in [1.807, 2.05) is 6.92 Å². The minimum Gasteiger partial charge on any atom is -0.379 e. The van der Waals surface area contributed by atoms with Gasteiger partial charge in [-0.2, -0.15) is 13.2 Å². The molecule has 1 aliphatic heterocycles. The Morgan fingerprint density at radius 1 is 1.38 bits per heavy atom. The second-order valence-corrected chi connectivity index (χ2v) is 5.20. The Bertz CT molecular complexity index is 528. The molecule has 0 radical (unpaired) electrons. The average Bonchev–Trinajstić information content (AvgIpc) is 2.85. The Morgan fingerprint density at radius 3 is 2.67 bits per heavy atom. The van der Waals surface area contributed by atoms with Crippen molar-refractivity contribution in [3.05, 3.63) is 34.9 Å². The van der Waals surface area contributed by atoms with Crippen LogP contribution in [0.2, 0.25) is 0 Å². The van der Waals surface area contributed by atoms with E-state index < -0.39 is 11.7 Å². The number of likely N-dealkylation sites (N-methyl/N-ethyl adjacent to an activating group) is 1. The first-order chi connectivity index (χ1) is 9.84. The molecule has 0 bridgehead atoms. The summed E-state index contributed by atoms with van der Waals surface area (Å²) in [4.78, 5) is 12.5. The van der Waals surface area contributed by atoms with E-state index in [-0.39, 0.29) is 17.7 Å². The number of benzene rings is 1. The second-order valence-electron chi connectivity index (χ2n) is 5.20. The van der Waals surface area contributed by atoms with Crippen LogP contribution in [0, 0.1) is 12.8 Å². The van der Waals surface area contributed by atoms with Crippen molar-refractivity contribution in [2.75, 3.05) is 19.8 Å². The number of nitrogens with one attached hydrogen (secondary N) is 1. The fourth-order valence-corrected chi connectivity index (χ4v) is 2.59. The lowest BCUT2D eigenvalue weighted by Crippen LogP contribution is -2.39. The Kier molecular flexibility index (Phi) is 4.68. The zero-order chi connectivity index (χ0) is 15.6. The van der Waals surface area contributed by atoms with Crippen LogP contribution >= 0.6 is 0 Å². The molecule has 1 heterocycles. The molecule has 3 nitrogen and oxygen atoms in total. The molecule has 1 fully saturated rings. The van der Waals surface area contributed by atoms with Gasteiger partial charge in [-0.05, 0) is 31.2 Å². The zero-order valence-corrected chi connectivity index (χ0v) is 12.0. The Hall–Kier alpha value is -1.40. The molecule has 2 unspecified atom stereocenters. The number of carbonyl (C=O) groups is 1. The molecule has 0 amide bonds. The van der Waals surface area contributed by atoms with Crippen molar-refractivity contribution in [1.29, 1.82) is 0 Å². The number of halogens is 3. The van der Waals surface area contributed by atoms with E-state index in [1.165, 1.54) is 13.0 Å². The van der Waals surface area contributed by atoms with Crippen molar-refractivity contribution in [3.8, 4) is 0 Å². The van der Waals surface area contributed by atoms with E-state index in [9.17, 15) is 18.0 Å². The summed E-state index contributed by atoms with van der Waals surface area (Å²) < 4.78 is 43.3. The molecule has 0 spiro atoms. The van der Waals surface area contributed by atoms with Crippen LogP contribution in [0.4, 0.5) is 13.2 Å². The van der Waals surface area contributed by atoms with Crippen LogP contribution in [0.25, 0.3) is 0 Å². The third kappa shape index (κ3) is 3.44. The molecule has 1 aromatic carbocycles. The standard InChI is InChI=1S/C15H18F3NO2/c1-3-19-13-8-21-7-12(13)14(20)11-5-4-10(6-9(11)2)15(16,17)18/h4-6,12-13,19H,3,7-8H2,1-2H3. The quantitative estimate of drug-likeness (QED) is 0.869. The number of rotatable bonds is 4. The minimum atomic E-state index is -4.39. The van der Waals surface area contributed by atoms with Gasteiger partial charge in [0.15, 0.2) is 5.78 Å². The number of carbonyl (C=O) groups excluding carboxylic acids is 1. The maximum absolute atomic E-state index is 12.6. The highest BCUT2D eigenvalue weighted by Gasteiger charge is 2.35. The van der Waals surface area contributed by atoms with Gasteiger partial charge < -0.3 is 10.1 Å². The molecule has 1 N–H and O–H groups in total. The van der Waals surface area contributed by atoms with E-state index in [2.05, 4.69) is 5.32 Å². The summed E-state index contributed by atoms with van der Waals surface area (Å²) in [6.07, 6.45) is -4.39. The summed E-state index contributed by atoms with van der Waals surface area (Å²) in [5.74, 6) is -0.509. The SMILES string of the molecule is CCNC1COCC1C(=O)c1ccc(C(F)(F)F)cc1C. The molecule has 1 aliphatic rings. The predicted molar refractivity (Wildman–Crippen MR) is 72.3 cm³/mol. The van der Waals surface area contributed by atoms with Gasteiger partial charge in [0.05, 0.1) is 24.7 Å². The first-order valence-corrected chi connectivity index (χ1v) is 6.87. The van der Waals surface area contributed by atoms with Crippen LogP contribution in [0.5, 0.6) is 0 Å². The molecule has 2 rings (SSSR count). The first-order valence-electron chi connectivity index (χ1n) is 6.87. The summed E-state index contributed by atoms with van der Waals surface area (Å²) in [5.41, 5.74) is -0.0548. The zero-order valence-electron chi connectivity index (χ0n) is 12.0. The third-order valence-corrected chi connectivity index (χ3v) is 3.70. The van der Waals surface area contributed by atoms with Crippen molar-refractivity contribution >= 4 is 5.78 Å². The fourth-order valence-electron chi connectivity index (χ4n) is 2.59. The topological polar surface area (TPSA) is 38.3 Å². The van der Waals surface area contributed by atoms with Crippen molar-refractivity contribution < 1.29 is 22.7 Å². The number of hydrogen-bond acceptors (Lipinski definition) is 3. The highest BCUT2D eigenvalue weighted by atomic mass is 19.4. The number of ketones is 1. The lowest BCUT2D eigenvalue weighted by atomic mass is 9.90. The summed E-state index contributed by atoms with van der Waals surface area (Å²) in [5, 5.41) is 3.17. The molecule has 116 valence electrons. The Balaban J connectivity index is 2.23. The van der Waals surface area contributed by atoms with Crippen molar-refractivity contribution in [3.63, 3.8) is 0 Å². The number of Topliss-reactive ketones (excluding diaryl/α,β-unsaturated/α-hetero) is 1. The average molecular weight is 301 g/mol. The van der Waals surface area contributed by atoms with Crippen LogP contribution in [0.1, 0.15) is 28.4 Å². The van der Waals surface area contributed by atoms with E-state index in [0.717, 1.165) is 12.1 Å². The molecule has 1 aromatic rings. The molecular formula is C15H18F3NO2. The molecule has 2 atom stereocenters. The molecule has 0 aliphatic carbocycles. The van der Waals surface area contributed by atoms with Crippen LogP contribution in [-0.2, 0) is 10.9 Å². The van der Waals surface area contributed by atoms with Crippen LogP contribution in [-0.4, -0.2) is 31.6 Å². The monoisotopic (exact) mass is 301 g/mol. The van der Waals surface area contributed by atoms with Gasteiger partial charge in [0, 0.05) is 11.6 Å². The molecule has 0 saturated carbocycles. The molecule has 1 saturated heterocycles. The van der Waals surface area contributed by atoms with Crippen molar-refractivity contribution in [1.82, 2.24) is 5.32 Å². The van der Waals surface area contributed by atoms with Crippen LogP contribution < -0.4 is 5.32 Å². The van der Waals surface area contributed by atoms with E-state index in [0.29, 0.717) is 30.9 Å². The molecule has 0 aromatic heterocycles. The Labute approximate surface area is 121 Å². The van der Waals surface area contributed by atoms with Crippen LogP contribution in [0.15, 0.2) is 18.2 Å². The summed E-state index contributed by atoms with van der Waals surface area (Å²) in [6.45, 7) is 4.93. The van der Waals surface area contributed by atoms with Crippen LogP contribution in [0.3, 0.4) is 0 Å². The van der Waals surface area contributed by atoms with E-state index in [1.54, 1.807) is 0 Å². The Morgan fingerprint density at radius 2 is 2.10 bits per heavy atom. The number of ether oxygens (including phenoxy) is 1. The van der Waals surface area contributed by atoms with Gasteiger partial charge in [-0.25, -0.2) is 0 Å². The fraction of sp³-hybridized carbons (Fsp3) is 0.533. The van der Waals surface area contributed by atoms with Crippen molar-refractivity contribution in [2.24, 2.45) is 5.92 Å². The summed E-state index contributed by atoms with van der Waals surface area (Å²) in [6, 6.07) is 3.16. The largest absolute Gasteiger partial charge is 0.416 e. The maximum Gasteiger partial charge on any atom is 0.416 e. The van der Waals surface area contributed by atoms with Crippen molar-refractivity contribution in [2.45, 2.75) is 26.1 Å². The van der Waals surface area contributed by atoms with E-state index in [4.69, 9.17) is 4.74 Å². The van der Waals surface area contributed by atoms with E-state index >= 15 is 0 Å². The van der Waals surface area contributed by atoms with Gasteiger partial charge in [-0.1, -0.05) is 13.0 Å². The summed E-state index contributed by atoms with van der Waals surface area (Å²) in [7, 11) is 0. The summed E-state index contributed by atoms with van der Waals surface area (Å²) >= 11 is 0. The van der Waals surface area contributed by atoms with Gasteiger partial charge in [0.2, 0.25) is 0 Å². The van der Waals surface area contributed by atoms with Gasteiger partial charge in [-0.3, -0.25) is 4.79 Å². The first kappa shape index (κ1) is 16.0. The highest BCUT2D eigenvalue weighted by Crippen LogP contribution is 2.31. The smallest absolute Gasteiger partial charge is 0.379 e. The number of aryl methyl sites for hydroxylation is 1. The number of alkyl halides is 3. The highest BCUT2D eigenvalue weighted by molar-refractivity contribution is 5.99. The minimum absolute atomic E-state index is 0.0795. The second kappa shape index (κ2) is 6.15. The normalized spacial score (nSPS) is 22.5. The van der Waals surface area contributed by atoms with Gasteiger partial charge in [-0.15, -0.1) is 0 Å². The molecular weight excluding hydrogens is 283 g/mol. The third-order valence-electron chi connectivity index (χ3n) is 3.70. The molecule has 6 heteroatoms. The van der Waals surface area contributed by atoms with Gasteiger partial charge in [0.25, 0.3) is 0 Å². The number of hydrogen-bond donors (Lipinski definition) is 1. The van der Waals surface area contributed by atoms with Gasteiger partial charge >= 0.3 is 6.18 Å². The van der Waals surface area contributed by atoms with Gasteiger partial charge in [0.1, 0.15) is 0 Å².